The average molecular weight is 305 g/mol. The van der Waals surface area contributed by atoms with Crippen molar-refractivity contribution in [3.05, 3.63) is 58.6 Å². The van der Waals surface area contributed by atoms with Crippen molar-refractivity contribution in [2.45, 2.75) is 6.04 Å². The number of thiophene rings is 1. The van der Waals surface area contributed by atoms with Crippen LogP contribution < -0.4 is 5.32 Å². The minimum atomic E-state index is -0.167. The van der Waals surface area contributed by atoms with Gasteiger partial charge < -0.3 is 10.4 Å². The molecule has 0 fully saturated rings. The normalized spacial score (nSPS) is 12.5. The number of aliphatic hydroxyl groups excluding tert-OH is 1. The average Bonchev–Trinajstić information content (AvgIpc) is 2.95. The predicted octanol–water partition coefficient (Wildman–Crippen LogP) is 4.10. The summed E-state index contributed by atoms with van der Waals surface area (Å²) in [5, 5.41) is 15.7. The quantitative estimate of drug-likeness (QED) is 0.763. The van der Waals surface area contributed by atoms with E-state index in [9.17, 15) is 5.11 Å². The summed E-state index contributed by atoms with van der Waals surface area (Å²) >= 11 is 7.53. The zero-order valence-electron chi connectivity index (χ0n) is 10.6. The third-order valence-corrected chi connectivity index (χ3v) is 4.32. The maximum Gasteiger partial charge on any atom is 0.0830 e. The summed E-state index contributed by atoms with van der Waals surface area (Å²) in [6.45, 7) is 0.0107. The number of aromatic nitrogens is 1. The zero-order chi connectivity index (χ0) is 13.9. The number of nitrogens with zero attached hydrogens (tertiary/aromatic N) is 1. The van der Waals surface area contributed by atoms with Gasteiger partial charge >= 0.3 is 0 Å². The fourth-order valence-corrected chi connectivity index (χ4v) is 3.06. The highest BCUT2D eigenvalue weighted by Gasteiger charge is 2.12. The van der Waals surface area contributed by atoms with Crippen molar-refractivity contribution in [2.75, 3.05) is 11.9 Å². The van der Waals surface area contributed by atoms with Crippen LogP contribution in [0.1, 0.15) is 11.6 Å². The molecule has 0 aliphatic heterocycles. The highest BCUT2D eigenvalue weighted by atomic mass is 35.5. The molecular weight excluding hydrogens is 292 g/mol. The van der Waals surface area contributed by atoms with Crippen LogP contribution in [0.2, 0.25) is 5.02 Å². The van der Waals surface area contributed by atoms with Gasteiger partial charge in [0, 0.05) is 11.2 Å². The molecule has 2 heterocycles. The lowest BCUT2D eigenvalue weighted by atomic mass is 10.1. The number of hydrogen-bond acceptors (Lipinski definition) is 4. The predicted molar refractivity (Wildman–Crippen MR) is 84.5 cm³/mol. The summed E-state index contributed by atoms with van der Waals surface area (Å²) < 4.78 is 1.10. The van der Waals surface area contributed by atoms with Gasteiger partial charge in [-0.1, -0.05) is 23.7 Å². The van der Waals surface area contributed by atoms with E-state index in [1.807, 2.05) is 41.8 Å². The van der Waals surface area contributed by atoms with Gasteiger partial charge in [-0.3, -0.25) is 4.98 Å². The Hall–Kier alpha value is -1.62. The number of fused-ring (bicyclic) bond motifs is 1. The van der Waals surface area contributed by atoms with Crippen molar-refractivity contribution in [1.82, 2.24) is 4.98 Å². The number of anilines is 1. The van der Waals surface area contributed by atoms with Crippen molar-refractivity contribution in [3.8, 4) is 0 Å². The first kappa shape index (κ1) is 13.4. The van der Waals surface area contributed by atoms with E-state index in [1.165, 1.54) is 0 Å². The van der Waals surface area contributed by atoms with Gasteiger partial charge in [-0.15, -0.1) is 11.3 Å². The van der Waals surface area contributed by atoms with Gasteiger partial charge in [-0.2, -0.15) is 0 Å². The number of rotatable bonds is 4. The van der Waals surface area contributed by atoms with Gasteiger partial charge in [-0.25, -0.2) is 0 Å². The number of benzene rings is 1. The molecular formula is C15H13ClN2OS. The van der Waals surface area contributed by atoms with Crippen LogP contribution in [0.3, 0.4) is 0 Å². The highest BCUT2D eigenvalue weighted by molar-refractivity contribution is 7.17. The molecule has 1 aromatic carbocycles. The smallest absolute Gasteiger partial charge is 0.0830 e. The van der Waals surface area contributed by atoms with E-state index in [4.69, 9.17) is 11.6 Å². The summed E-state index contributed by atoms with van der Waals surface area (Å²) in [5.74, 6) is 0. The SMILES string of the molecule is OCC(Nc1ccnc2ccsc12)c1ccc(Cl)cc1. The summed E-state index contributed by atoms with van der Waals surface area (Å²) in [7, 11) is 0. The summed E-state index contributed by atoms with van der Waals surface area (Å²) in [5.41, 5.74) is 2.95. The number of aliphatic hydroxyl groups is 1. The van der Waals surface area contributed by atoms with Gasteiger partial charge in [0.15, 0.2) is 0 Å². The van der Waals surface area contributed by atoms with Gasteiger partial charge in [0.2, 0.25) is 0 Å². The molecule has 20 heavy (non-hydrogen) atoms. The molecule has 0 bridgehead atoms. The van der Waals surface area contributed by atoms with Gasteiger partial charge in [-0.05, 0) is 35.2 Å². The Morgan fingerprint density at radius 3 is 2.75 bits per heavy atom. The third-order valence-electron chi connectivity index (χ3n) is 3.13. The molecule has 1 unspecified atom stereocenters. The van der Waals surface area contributed by atoms with E-state index in [0.29, 0.717) is 5.02 Å². The van der Waals surface area contributed by atoms with E-state index in [1.54, 1.807) is 17.5 Å². The number of hydrogen-bond donors (Lipinski definition) is 2. The Balaban J connectivity index is 1.91. The molecule has 3 nitrogen and oxygen atoms in total. The van der Waals surface area contributed by atoms with Gasteiger partial charge in [0.1, 0.15) is 0 Å². The molecule has 3 aromatic rings. The first-order chi connectivity index (χ1) is 9.78. The molecule has 1 atom stereocenters. The van der Waals surface area contributed by atoms with Crippen molar-refractivity contribution in [3.63, 3.8) is 0 Å². The summed E-state index contributed by atoms with van der Waals surface area (Å²) in [4.78, 5) is 4.31. The molecule has 0 saturated carbocycles. The van der Waals surface area contributed by atoms with Crippen LogP contribution in [0, 0.1) is 0 Å². The van der Waals surface area contributed by atoms with E-state index in [2.05, 4.69) is 10.3 Å². The van der Waals surface area contributed by atoms with Crippen LogP contribution in [0.5, 0.6) is 0 Å². The molecule has 0 spiro atoms. The zero-order valence-corrected chi connectivity index (χ0v) is 12.2. The minimum absolute atomic E-state index is 0.0107. The molecule has 2 N–H and O–H groups in total. The molecule has 0 saturated heterocycles. The molecule has 102 valence electrons. The summed E-state index contributed by atoms with van der Waals surface area (Å²) in [6, 6.07) is 11.2. The van der Waals surface area contributed by atoms with E-state index < -0.39 is 0 Å². The summed E-state index contributed by atoms with van der Waals surface area (Å²) in [6.07, 6.45) is 1.77. The molecule has 3 rings (SSSR count). The topological polar surface area (TPSA) is 45.1 Å². The van der Waals surface area contributed by atoms with Crippen LogP contribution in [0.15, 0.2) is 48.0 Å². The van der Waals surface area contributed by atoms with Crippen molar-refractivity contribution >= 4 is 38.8 Å². The Bertz CT molecular complexity index is 711. The fraction of sp³-hybridized carbons (Fsp3) is 0.133. The van der Waals surface area contributed by atoms with E-state index >= 15 is 0 Å². The molecule has 0 aliphatic rings. The monoisotopic (exact) mass is 304 g/mol. The Labute approximate surface area is 125 Å². The Morgan fingerprint density at radius 1 is 1.20 bits per heavy atom. The van der Waals surface area contributed by atoms with Crippen molar-refractivity contribution < 1.29 is 5.11 Å². The number of nitrogens with one attached hydrogen (secondary N) is 1. The standard InChI is InChI=1S/C15H13ClN2OS/c16-11-3-1-10(2-4-11)14(9-19)18-13-5-7-17-12-6-8-20-15(12)13/h1-8,14,19H,9H2,(H,17,18). The lowest BCUT2D eigenvalue weighted by Crippen LogP contribution is -2.14. The fourth-order valence-electron chi connectivity index (χ4n) is 2.10. The van der Waals surface area contributed by atoms with Crippen LogP contribution in [0.4, 0.5) is 5.69 Å². The first-order valence-electron chi connectivity index (χ1n) is 6.23. The maximum absolute atomic E-state index is 9.63. The van der Waals surface area contributed by atoms with Gasteiger partial charge in [0.25, 0.3) is 0 Å². The van der Waals surface area contributed by atoms with Crippen LogP contribution in [-0.2, 0) is 0 Å². The molecule has 2 aromatic heterocycles. The number of pyridine rings is 1. The van der Waals surface area contributed by atoms with Gasteiger partial charge in [0.05, 0.1) is 28.6 Å². The number of halogens is 1. The second-order valence-corrected chi connectivity index (χ2v) is 5.78. The second kappa shape index (κ2) is 5.79. The van der Waals surface area contributed by atoms with Crippen molar-refractivity contribution in [2.24, 2.45) is 0 Å². The largest absolute Gasteiger partial charge is 0.394 e. The first-order valence-corrected chi connectivity index (χ1v) is 7.49. The van der Waals surface area contributed by atoms with Crippen LogP contribution >= 0.6 is 22.9 Å². The molecule has 5 heteroatoms. The van der Waals surface area contributed by atoms with Crippen LogP contribution in [-0.4, -0.2) is 16.7 Å². The second-order valence-electron chi connectivity index (χ2n) is 4.42. The Morgan fingerprint density at radius 2 is 2.00 bits per heavy atom. The Kier molecular flexibility index (Phi) is 3.87. The molecule has 0 radical (unpaired) electrons. The molecule has 0 aliphatic carbocycles. The van der Waals surface area contributed by atoms with Crippen LogP contribution in [0.25, 0.3) is 10.2 Å². The minimum Gasteiger partial charge on any atom is -0.394 e. The van der Waals surface area contributed by atoms with E-state index in [0.717, 1.165) is 21.5 Å². The lowest BCUT2D eigenvalue weighted by Gasteiger charge is -2.18. The van der Waals surface area contributed by atoms with Crippen molar-refractivity contribution in [1.29, 1.82) is 0 Å². The third kappa shape index (κ3) is 2.63. The van der Waals surface area contributed by atoms with E-state index in [-0.39, 0.29) is 12.6 Å². The molecule has 0 amide bonds. The lowest BCUT2D eigenvalue weighted by molar-refractivity contribution is 0.276. The maximum atomic E-state index is 9.63. The highest BCUT2D eigenvalue weighted by Crippen LogP contribution is 2.30.